The molecule has 2 unspecified atom stereocenters. The second kappa shape index (κ2) is 3.27. The Hall–Kier alpha value is -0.0400. The number of nitrogens with two attached hydrogens (primary N) is 1. The minimum absolute atomic E-state index is 0.264. The lowest BCUT2D eigenvalue weighted by atomic mass is 9.89. The van der Waals surface area contributed by atoms with Crippen LogP contribution in [0, 0.1) is 17.8 Å². The lowest BCUT2D eigenvalue weighted by molar-refractivity contribution is 0.340. The Kier molecular flexibility index (Phi) is 2.39. The highest BCUT2D eigenvalue weighted by molar-refractivity contribution is 5.19. The zero-order chi connectivity index (χ0) is 9.47. The van der Waals surface area contributed by atoms with Gasteiger partial charge in [-0.15, -0.1) is 0 Å². The van der Waals surface area contributed by atoms with Gasteiger partial charge in [-0.25, -0.2) is 0 Å². The molecule has 0 aromatic carbocycles. The van der Waals surface area contributed by atoms with E-state index >= 15 is 0 Å². The highest BCUT2D eigenvalue weighted by atomic mass is 14.9. The maximum absolute atomic E-state index is 6.56. The van der Waals surface area contributed by atoms with E-state index in [1.165, 1.54) is 38.5 Å². The smallest absolute Gasteiger partial charge is 0.0246 e. The van der Waals surface area contributed by atoms with Gasteiger partial charge in [0.2, 0.25) is 0 Å². The molecular formula is C12H23N. The van der Waals surface area contributed by atoms with Gasteiger partial charge in [0.1, 0.15) is 0 Å². The Morgan fingerprint density at radius 2 is 1.62 bits per heavy atom. The third kappa shape index (κ3) is 1.24. The first kappa shape index (κ1) is 9.51. The number of hydrogen-bond donors (Lipinski definition) is 1. The van der Waals surface area contributed by atoms with Crippen molar-refractivity contribution < 1.29 is 0 Å². The molecule has 2 N–H and O–H groups in total. The summed E-state index contributed by atoms with van der Waals surface area (Å²) in [7, 11) is 0. The van der Waals surface area contributed by atoms with Crippen molar-refractivity contribution in [2.24, 2.45) is 23.5 Å². The van der Waals surface area contributed by atoms with Crippen LogP contribution in [0.1, 0.15) is 52.4 Å². The third-order valence-corrected chi connectivity index (χ3v) is 4.63. The maximum Gasteiger partial charge on any atom is 0.0246 e. The molecule has 2 atom stereocenters. The van der Waals surface area contributed by atoms with Crippen molar-refractivity contribution in [1.29, 1.82) is 0 Å². The molecule has 76 valence electrons. The third-order valence-electron chi connectivity index (χ3n) is 4.63. The first-order valence-electron chi connectivity index (χ1n) is 6.04. The molecule has 0 aromatic rings. The van der Waals surface area contributed by atoms with E-state index < -0.39 is 0 Å². The molecule has 2 aliphatic carbocycles. The molecule has 0 heterocycles. The Morgan fingerprint density at radius 3 is 2.00 bits per heavy atom. The van der Waals surface area contributed by atoms with Crippen molar-refractivity contribution in [2.45, 2.75) is 57.9 Å². The lowest BCUT2D eigenvalue weighted by Crippen LogP contribution is -2.35. The monoisotopic (exact) mass is 181 g/mol. The summed E-state index contributed by atoms with van der Waals surface area (Å²) in [6.07, 6.45) is 8.25. The van der Waals surface area contributed by atoms with Gasteiger partial charge in [-0.1, -0.05) is 39.5 Å². The average molecular weight is 181 g/mol. The maximum atomic E-state index is 6.56. The standard InChI is InChI=1S/C12H23N/c1-3-9(4-2)12(13)10-7-5-6-8-11(10)12/h9-11H,3-8,13H2,1-2H3. The van der Waals surface area contributed by atoms with Crippen LogP contribution in [-0.2, 0) is 0 Å². The van der Waals surface area contributed by atoms with Crippen LogP contribution in [0.3, 0.4) is 0 Å². The van der Waals surface area contributed by atoms with Crippen molar-refractivity contribution in [3.63, 3.8) is 0 Å². The average Bonchev–Trinajstić information content (AvgIpc) is 2.77. The van der Waals surface area contributed by atoms with Gasteiger partial charge in [0, 0.05) is 5.54 Å². The van der Waals surface area contributed by atoms with Gasteiger partial charge < -0.3 is 5.73 Å². The van der Waals surface area contributed by atoms with Crippen LogP contribution < -0.4 is 5.73 Å². The minimum Gasteiger partial charge on any atom is -0.324 e. The van der Waals surface area contributed by atoms with Crippen molar-refractivity contribution in [1.82, 2.24) is 0 Å². The summed E-state index contributed by atoms with van der Waals surface area (Å²) in [6, 6.07) is 0. The zero-order valence-corrected chi connectivity index (χ0v) is 9.05. The van der Waals surface area contributed by atoms with E-state index in [1.54, 1.807) is 0 Å². The molecule has 0 amide bonds. The van der Waals surface area contributed by atoms with Crippen LogP contribution in [0.2, 0.25) is 0 Å². The summed E-state index contributed by atoms with van der Waals surface area (Å²) in [5, 5.41) is 0. The van der Waals surface area contributed by atoms with Crippen molar-refractivity contribution in [3.05, 3.63) is 0 Å². The molecule has 2 fully saturated rings. The van der Waals surface area contributed by atoms with Gasteiger partial charge in [0.05, 0.1) is 0 Å². The van der Waals surface area contributed by atoms with E-state index in [0.29, 0.717) is 0 Å². The molecule has 1 heteroatoms. The van der Waals surface area contributed by atoms with Crippen LogP contribution in [0.4, 0.5) is 0 Å². The van der Waals surface area contributed by atoms with E-state index in [2.05, 4.69) is 13.8 Å². The topological polar surface area (TPSA) is 26.0 Å². The predicted octanol–water partition coefficient (Wildman–Crippen LogP) is 2.94. The van der Waals surface area contributed by atoms with Crippen LogP contribution in [0.5, 0.6) is 0 Å². The van der Waals surface area contributed by atoms with Crippen LogP contribution in [-0.4, -0.2) is 5.54 Å². The fourth-order valence-electron chi connectivity index (χ4n) is 3.82. The van der Waals surface area contributed by atoms with Crippen LogP contribution in [0.15, 0.2) is 0 Å². The van der Waals surface area contributed by atoms with Gasteiger partial charge in [-0.2, -0.15) is 0 Å². The second-order valence-corrected chi connectivity index (χ2v) is 5.01. The molecule has 0 spiro atoms. The van der Waals surface area contributed by atoms with E-state index in [0.717, 1.165) is 17.8 Å². The highest BCUT2D eigenvalue weighted by Gasteiger charge is 2.64. The number of rotatable bonds is 3. The van der Waals surface area contributed by atoms with Crippen molar-refractivity contribution in [2.75, 3.05) is 0 Å². The Morgan fingerprint density at radius 1 is 1.15 bits per heavy atom. The van der Waals surface area contributed by atoms with E-state index in [9.17, 15) is 0 Å². The van der Waals surface area contributed by atoms with Crippen molar-refractivity contribution in [3.8, 4) is 0 Å². The molecule has 2 saturated carbocycles. The molecule has 2 aliphatic rings. The first-order valence-corrected chi connectivity index (χ1v) is 6.04. The Bertz CT molecular complexity index is 172. The predicted molar refractivity (Wildman–Crippen MR) is 56.4 cm³/mol. The summed E-state index contributed by atoms with van der Waals surface area (Å²) < 4.78 is 0. The van der Waals surface area contributed by atoms with E-state index in [4.69, 9.17) is 5.73 Å². The van der Waals surface area contributed by atoms with Gasteiger partial charge in [0.15, 0.2) is 0 Å². The SMILES string of the molecule is CCC(CC)C1(N)C2CCCCC21. The molecule has 0 saturated heterocycles. The summed E-state index contributed by atoms with van der Waals surface area (Å²) in [6.45, 7) is 4.60. The first-order chi connectivity index (χ1) is 6.25. The summed E-state index contributed by atoms with van der Waals surface area (Å²) in [4.78, 5) is 0. The normalized spacial score (nSPS) is 43.4. The number of fused-ring (bicyclic) bond motifs is 1. The molecule has 1 nitrogen and oxygen atoms in total. The summed E-state index contributed by atoms with van der Waals surface area (Å²) in [5.41, 5.74) is 6.83. The second-order valence-electron chi connectivity index (χ2n) is 5.01. The largest absolute Gasteiger partial charge is 0.324 e. The van der Waals surface area contributed by atoms with Gasteiger partial charge in [-0.3, -0.25) is 0 Å². The van der Waals surface area contributed by atoms with E-state index in [-0.39, 0.29) is 5.54 Å². The lowest BCUT2D eigenvalue weighted by Gasteiger charge is -2.22. The highest BCUT2D eigenvalue weighted by Crippen LogP contribution is 2.61. The molecule has 2 rings (SSSR count). The quantitative estimate of drug-likeness (QED) is 0.711. The minimum atomic E-state index is 0.264. The zero-order valence-electron chi connectivity index (χ0n) is 9.05. The summed E-state index contributed by atoms with van der Waals surface area (Å²) in [5.74, 6) is 2.58. The Labute approximate surface area is 82.1 Å². The van der Waals surface area contributed by atoms with Crippen LogP contribution in [0.25, 0.3) is 0 Å². The molecular weight excluding hydrogens is 158 g/mol. The van der Waals surface area contributed by atoms with Gasteiger partial charge >= 0.3 is 0 Å². The molecule has 13 heavy (non-hydrogen) atoms. The van der Waals surface area contributed by atoms with E-state index in [1.807, 2.05) is 0 Å². The van der Waals surface area contributed by atoms with Gasteiger partial charge in [0.25, 0.3) is 0 Å². The molecule has 0 aromatic heterocycles. The molecule has 0 bridgehead atoms. The van der Waals surface area contributed by atoms with Gasteiger partial charge in [-0.05, 0) is 30.6 Å². The number of hydrogen-bond acceptors (Lipinski definition) is 1. The fourth-order valence-corrected chi connectivity index (χ4v) is 3.82. The Balaban J connectivity index is 2.05. The fraction of sp³-hybridized carbons (Fsp3) is 1.00. The van der Waals surface area contributed by atoms with Crippen molar-refractivity contribution >= 4 is 0 Å². The molecule has 0 radical (unpaired) electrons. The summed E-state index contributed by atoms with van der Waals surface area (Å²) >= 11 is 0. The molecule has 0 aliphatic heterocycles. The van der Waals surface area contributed by atoms with Crippen LogP contribution >= 0.6 is 0 Å².